The second-order valence-corrected chi connectivity index (χ2v) is 5.42. The monoisotopic (exact) mass is 201 g/mol. The summed E-state index contributed by atoms with van der Waals surface area (Å²) in [5.41, 5.74) is 0.562. The third kappa shape index (κ3) is 3.17. The van der Waals surface area contributed by atoms with Crippen LogP contribution in [0, 0.1) is 11.3 Å². The maximum Gasteiger partial charge on any atom is 0.00429 e. The first-order valence-corrected chi connectivity index (χ1v) is 6.01. The van der Waals surface area contributed by atoms with Crippen molar-refractivity contribution in [2.24, 2.45) is 11.3 Å². The van der Waals surface area contributed by atoms with E-state index in [0.29, 0.717) is 5.41 Å². The molecular formula is C11H23NS. The molecule has 1 fully saturated rings. The van der Waals surface area contributed by atoms with Gasteiger partial charge in [-0.3, -0.25) is 0 Å². The number of thiol groups is 1. The maximum absolute atomic E-state index is 4.47. The molecule has 0 aliphatic heterocycles. The molecule has 0 spiro atoms. The van der Waals surface area contributed by atoms with Crippen LogP contribution in [-0.2, 0) is 0 Å². The summed E-state index contributed by atoms with van der Waals surface area (Å²) in [5.74, 6) is 1.84. The van der Waals surface area contributed by atoms with Gasteiger partial charge in [0.25, 0.3) is 0 Å². The number of nitrogens with zero attached hydrogens (tertiary/aromatic N) is 1. The summed E-state index contributed by atoms with van der Waals surface area (Å²) in [6.45, 7) is 7.03. The summed E-state index contributed by atoms with van der Waals surface area (Å²) >= 11 is 4.47. The van der Waals surface area contributed by atoms with Gasteiger partial charge < -0.3 is 4.90 Å². The van der Waals surface area contributed by atoms with E-state index < -0.39 is 0 Å². The molecule has 0 aromatic carbocycles. The van der Waals surface area contributed by atoms with Crippen LogP contribution in [0.2, 0.25) is 0 Å². The average molecular weight is 201 g/mol. The second kappa shape index (κ2) is 4.70. The van der Waals surface area contributed by atoms with Gasteiger partial charge in [-0.05, 0) is 37.0 Å². The van der Waals surface area contributed by atoms with Gasteiger partial charge in [0, 0.05) is 13.1 Å². The SMILES string of the molecule is CC(C)CN(C)CC1(CS)CCC1. The van der Waals surface area contributed by atoms with E-state index in [9.17, 15) is 0 Å². The summed E-state index contributed by atoms with van der Waals surface area (Å²) in [6, 6.07) is 0. The van der Waals surface area contributed by atoms with E-state index in [1.807, 2.05) is 0 Å². The fourth-order valence-corrected chi connectivity index (χ4v) is 2.72. The number of rotatable bonds is 5. The van der Waals surface area contributed by atoms with Gasteiger partial charge in [-0.25, -0.2) is 0 Å². The van der Waals surface area contributed by atoms with E-state index in [4.69, 9.17) is 0 Å². The molecule has 1 aliphatic rings. The molecule has 0 atom stereocenters. The van der Waals surface area contributed by atoms with Crippen molar-refractivity contribution in [3.05, 3.63) is 0 Å². The van der Waals surface area contributed by atoms with Crippen LogP contribution in [0.3, 0.4) is 0 Å². The Bertz CT molecular complexity index is 147. The summed E-state index contributed by atoms with van der Waals surface area (Å²) in [4.78, 5) is 2.47. The second-order valence-electron chi connectivity index (χ2n) is 5.10. The Hall–Kier alpha value is 0.310. The summed E-state index contributed by atoms with van der Waals surface area (Å²) in [7, 11) is 2.24. The van der Waals surface area contributed by atoms with Gasteiger partial charge in [-0.1, -0.05) is 20.3 Å². The highest BCUT2D eigenvalue weighted by molar-refractivity contribution is 7.80. The van der Waals surface area contributed by atoms with E-state index in [0.717, 1.165) is 11.7 Å². The summed E-state index contributed by atoms with van der Waals surface area (Å²) < 4.78 is 0. The van der Waals surface area contributed by atoms with Crippen LogP contribution in [0.5, 0.6) is 0 Å². The van der Waals surface area contributed by atoms with Crippen LogP contribution < -0.4 is 0 Å². The zero-order valence-electron chi connectivity index (χ0n) is 9.21. The smallest absolute Gasteiger partial charge is 0.00429 e. The Morgan fingerprint density at radius 2 is 2.00 bits per heavy atom. The first kappa shape index (κ1) is 11.4. The van der Waals surface area contributed by atoms with Crippen LogP contribution in [0.1, 0.15) is 33.1 Å². The molecule has 0 saturated heterocycles. The van der Waals surface area contributed by atoms with Crippen molar-refractivity contribution in [1.82, 2.24) is 4.90 Å². The third-order valence-corrected chi connectivity index (χ3v) is 3.70. The molecule has 0 unspecified atom stereocenters. The molecule has 2 heteroatoms. The topological polar surface area (TPSA) is 3.24 Å². The lowest BCUT2D eigenvalue weighted by Crippen LogP contribution is -2.43. The van der Waals surface area contributed by atoms with Gasteiger partial charge in [0.2, 0.25) is 0 Å². The van der Waals surface area contributed by atoms with E-state index in [2.05, 4.69) is 38.4 Å². The maximum atomic E-state index is 4.47. The normalized spacial score (nSPS) is 20.8. The fourth-order valence-electron chi connectivity index (χ4n) is 2.30. The van der Waals surface area contributed by atoms with Gasteiger partial charge in [0.15, 0.2) is 0 Å². The van der Waals surface area contributed by atoms with Gasteiger partial charge in [0.05, 0.1) is 0 Å². The first-order chi connectivity index (χ1) is 6.08. The van der Waals surface area contributed by atoms with E-state index in [1.54, 1.807) is 0 Å². The van der Waals surface area contributed by atoms with Crippen molar-refractivity contribution in [2.45, 2.75) is 33.1 Å². The zero-order valence-corrected chi connectivity index (χ0v) is 10.1. The lowest BCUT2D eigenvalue weighted by molar-refractivity contribution is 0.0990. The molecule has 1 rings (SSSR count). The van der Waals surface area contributed by atoms with Gasteiger partial charge in [0.1, 0.15) is 0 Å². The molecule has 0 aromatic rings. The minimum absolute atomic E-state index is 0.562. The van der Waals surface area contributed by atoms with Crippen molar-refractivity contribution in [3.63, 3.8) is 0 Å². The largest absolute Gasteiger partial charge is 0.306 e. The van der Waals surface area contributed by atoms with Crippen molar-refractivity contribution in [1.29, 1.82) is 0 Å². The minimum Gasteiger partial charge on any atom is -0.306 e. The lowest BCUT2D eigenvalue weighted by atomic mass is 9.70. The van der Waals surface area contributed by atoms with E-state index in [-0.39, 0.29) is 0 Å². The Labute approximate surface area is 88.3 Å². The Kier molecular flexibility index (Phi) is 4.11. The minimum atomic E-state index is 0.562. The Morgan fingerprint density at radius 3 is 2.31 bits per heavy atom. The average Bonchev–Trinajstić information content (AvgIpc) is 1.95. The summed E-state index contributed by atoms with van der Waals surface area (Å²) in [6.07, 6.45) is 4.19. The Balaban J connectivity index is 2.29. The highest BCUT2D eigenvalue weighted by Gasteiger charge is 2.36. The number of hydrogen-bond acceptors (Lipinski definition) is 2. The van der Waals surface area contributed by atoms with Crippen molar-refractivity contribution in [2.75, 3.05) is 25.9 Å². The molecule has 0 heterocycles. The lowest BCUT2D eigenvalue weighted by Gasteiger charge is -2.43. The predicted molar refractivity (Wildman–Crippen MR) is 62.5 cm³/mol. The van der Waals surface area contributed by atoms with Crippen molar-refractivity contribution >= 4 is 12.6 Å². The quantitative estimate of drug-likeness (QED) is 0.669. The molecule has 0 amide bonds. The van der Waals surface area contributed by atoms with Crippen LogP contribution in [0.15, 0.2) is 0 Å². The molecule has 0 N–H and O–H groups in total. The fraction of sp³-hybridized carbons (Fsp3) is 1.00. The highest BCUT2D eigenvalue weighted by atomic mass is 32.1. The molecule has 0 bridgehead atoms. The van der Waals surface area contributed by atoms with Crippen LogP contribution in [-0.4, -0.2) is 30.8 Å². The molecule has 1 nitrogen and oxygen atoms in total. The summed E-state index contributed by atoms with van der Waals surface area (Å²) in [5, 5.41) is 0. The Morgan fingerprint density at radius 1 is 1.38 bits per heavy atom. The van der Waals surface area contributed by atoms with Gasteiger partial charge >= 0.3 is 0 Å². The zero-order chi connectivity index (χ0) is 9.90. The predicted octanol–water partition coefficient (Wildman–Crippen LogP) is 2.67. The molecule has 0 aromatic heterocycles. The molecule has 78 valence electrons. The standard InChI is InChI=1S/C11H23NS/c1-10(2)7-12(3)8-11(9-13)5-4-6-11/h10,13H,4-9H2,1-3H3. The van der Waals surface area contributed by atoms with E-state index >= 15 is 0 Å². The molecule has 13 heavy (non-hydrogen) atoms. The van der Waals surface area contributed by atoms with E-state index in [1.165, 1.54) is 32.4 Å². The molecule has 1 aliphatic carbocycles. The van der Waals surface area contributed by atoms with Crippen molar-refractivity contribution in [3.8, 4) is 0 Å². The van der Waals surface area contributed by atoms with Crippen molar-refractivity contribution < 1.29 is 0 Å². The van der Waals surface area contributed by atoms with Crippen LogP contribution in [0.4, 0.5) is 0 Å². The van der Waals surface area contributed by atoms with Crippen LogP contribution in [0.25, 0.3) is 0 Å². The molecular weight excluding hydrogens is 178 g/mol. The van der Waals surface area contributed by atoms with Gasteiger partial charge in [-0.15, -0.1) is 0 Å². The number of hydrogen-bond donors (Lipinski definition) is 1. The molecule has 0 radical (unpaired) electrons. The first-order valence-electron chi connectivity index (χ1n) is 5.37. The highest BCUT2D eigenvalue weighted by Crippen LogP contribution is 2.42. The molecule has 1 saturated carbocycles. The van der Waals surface area contributed by atoms with Crippen LogP contribution >= 0.6 is 12.6 Å². The third-order valence-electron chi connectivity index (χ3n) is 3.03. The van der Waals surface area contributed by atoms with Gasteiger partial charge in [-0.2, -0.15) is 12.6 Å².